The van der Waals surface area contributed by atoms with Gasteiger partial charge in [0, 0.05) is 31.4 Å². The molecule has 0 spiro atoms. The lowest BCUT2D eigenvalue weighted by Crippen LogP contribution is -2.42. The third-order valence-corrected chi connectivity index (χ3v) is 3.58. The van der Waals surface area contributed by atoms with E-state index in [0.29, 0.717) is 24.7 Å². The molecule has 1 saturated heterocycles. The van der Waals surface area contributed by atoms with Crippen LogP contribution in [0.3, 0.4) is 0 Å². The second kappa shape index (κ2) is 6.49. The van der Waals surface area contributed by atoms with Crippen molar-refractivity contribution in [2.45, 2.75) is 39.3 Å². The van der Waals surface area contributed by atoms with Crippen molar-refractivity contribution < 1.29 is 13.2 Å². The van der Waals surface area contributed by atoms with Crippen molar-refractivity contribution in [2.24, 2.45) is 5.92 Å². The summed E-state index contributed by atoms with van der Waals surface area (Å²) in [5.74, 6) is -0.204. The summed E-state index contributed by atoms with van der Waals surface area (Å²) in [6.45, 7) is 5.19. The van der Waals surface area contributed by atoms with Gasteiger partial charge >= 0.3 is 6.18 Å². The lowest BCUT2D eigenvalue weighted by Gasteiger charge is -2.34. The minimum absolute atomic E-state index is 0.0207. The van der Waals surface area contributed by atoms with Gasteiger partial charge in [-0.05, 0) is 26.2 Å². The quantitative estimate of drug-likeness (QED) is 0.925. The Labute approximate surface area is 122 Å². The van der Waals surface area contributed by atoms with Crippen molar-refractivity contribution in [3.63, 3.8) is 0 Å². The molecule has 118 valence electrons. The first-order valence-electron chi connectivity index (χ1n) is 7.31. The summed E-state index contributed by atoms with van der Waals surface area (Å²) in [5.41, 5.74) is 0.757. The fraction of sp³-hybridized carbons (Fsp3) is 0.714. The summed E-state index contributed by atoms with van der Waals surface area (Å²) in [4.78, 5) is 10.3. The van der Waals surface area contributed by atoms with Gasteiger partial charge in [-0.25, -0.2) is 4.98 Å². The van der Waals surface area contributed by atoms with E-state index >= 15 is 0 Å². The molecule has 1 aliphatic rings. The Hall–Kier alpha value is -1.53. The van der Waals surface area contributed by atoms with Gasteiger partial charge < -0.3 is 10.2 Å². The molecule has 1 N–H and O–H groups in total. The fourth-order valence-electron chi connectivity index (χ4n) is 2.48. The number of rotatable bonds is 4. The minimum Gasteiger partial charge on any atom is -0.356 e. The second-order valence-electron chi connectivity index (χ2n) is 5.44. The van der Waals surface area contributed by atoms with Crippen molar-refractivity contribution in [1.82, 2.24) is 9.97 Å². The average molecular weight is 302 g/mol. The molecule has 1 fully saturated rings. The van der Waals surface area contributed by atoms with Gasteiger partial charge in [0.15, 0.2) is 0 Å². The molecule has 0 aliphatic carbocycles. The standard InChI is InChI=1S/C14H21F3N4/c1-3-6-18-13-19-10(2)8-12(20-13)21-7-4-5-11(9-21)14(15,16)17/h8,11H,3-7,9H2,1-2H3,(H,18,19,20). The molecule has 21 heavy (non-hydrogen) atoms. The van der Waals surface area contributed by atoms with Crippen LogP contribution in [0.5, 0.6) is 0 Å². The summed E-state index contributed by atoms with van der Waals surface area (Å²) >= 11 is 0. The summed E-state index contributed by atoms with van der Waals surface area (Å²) in [6, 6.07) is 1.75. The van der Waals surface area contributed by atoms with Gasteiger partial charge in [0.25, 0.3) is 0 Å². The van der Waals surface area contributed by atoms with Crippen LogP contribution < -0.4 is 10.2 Å². The van der Waals surface area contributed by atoms with Crippen molar-refractivity contribution in [3.05, 3.63) is 11.8 Å². The Bertz CT molecular complexity index is 476. The van der Waals surface area contributed by atoms with Crippen LogP contribution in [0.2, 0.25) is 0 Å². The van der Waals surface area contributed by atoms with Crippen molar-refractivity contribution in [2.75, 3.05) is 29.9 Å². The number of piperidine rings is 1. The van der Waals surface area contributed by atoms with E-state index in [1.165, 1.54) is 0 Å². The number of halogens is 3. The number of alkyl halides is 3. The molecule has 0 aromatic carbocycles. The number of aryl methyl sites for hydroxylation is 1. The monoisotopic (exact) mass is 302 g/mol. The summed E-state index contributed by atoms with van der Waals surface area (Å²) in [5, 5.41) is 3.08. The zero-order valence-corrected chi connectivity index (χ0v) is 12.4. The van der Waals surface area contributed by atoms with E-state index in [2.05, 4.69) is 15.3 Å². The molecule has 1 unspecified atom stereocenters. The highest BCUT2D eigenvalue weighted by Gasteiger charge is 2.42. The number of nitrogens with one attached hydrogen (secondary N) is 1. The minimum atomic E-state index is -4.13. The van der Waals surface area contributed by atoms with Crippen LogP contribution in [0.15, 0.2) is 6.07 Å². The lowest BCUT2D eigenvalue weighted by atomic mass is 9.97. The zero-order chi connectivity index (χ0) is 15.5. The fourth-order valence-corrected chi connectivity index (χ4v) is 2.48. The SMILES string of the molecule is CCCNc1nc(C)cc(N2CCCC(C(F)(F)F)C2)n1. The summed E-state index contributed by atoms with van der Waals surface area (Å²) in [7, 11) is 0. The number of nitrogens with zero attached hydrogens (tertiary/aromatic N) is 3. The third kappa shape index (κ3) is 4.22. The number of aromatic nitrogens is 2. The van der Waals surface area contributed by atoms with Crippen LogP contribution in [0, 0.1) is 12.8 Å². The summed E-state index contributed by atoms with van der Waals surface area (Å²) < 4.78 is 38.7. The Kier molecular flexibility index (Phi) is 4.90. The Balaban J connectivity index is 2.15. The van der Waals surface area contributed by atoms with Crippen LogP contribution >= 0.6 is 0 Å². The maximum atomic E-state index is 12.9. The smallest absolute Gasteiger partial charge is 0.356 e. The second-order valence-corrected chi connectivity index (χ2v) is 5.44. The maximum Gasteiger partial charge on any atom is 0.393 e. The Morgan fingerprint density at radius 3 is 2.81 bits per heavy atom. The maximum absolute atomic E-state index is 12.9. The first-order chi connectivity index (χ1) is 9.90. The molecule has 4 nitrogen and oxygen atoms in total. The topological polar surface area (TPSA) is 41.1 Å². The number of hydrogen-bond donors (Lipinski definition) is 1. The van der Waals surface area contributed by atoms with Crippen molar-refractivity contribution >= 4 is 11.8 Å². The van der Waals surface area contributed by atoms with Crippen LogP contribution in [-0.2, 0) is 0 Å². The molecular weight excluding hydrogens is 281 g/mol. The first kappa shape index (κ1) is 15.9. The van der Waals surface area contributed by atoms with Crippen LogP contribution in [0.25, 0.3) is 0 Å². The molecule has 1 aliphatic heterocycles. The largest absolute Gasteiger partial charge is 0.393 e. The van der Waals surface area contributed by atoms with E-state index in [4.69, 9.17) is 0 Å². The van der Waals surface area contributed by atoms with E-state index in [1.54, 1.807) is 11.0 Å². The molecule has 0 radical (unpaired) electrons. The average Bonchev–Trinajstić information content (AvgIpc) is 2.44. The third-order valence-electron chi connectivity index (χ3n) is 3.58. The molecule has 1 atom stereocenters. The van der Waals surface area contributed by atoms with Crippen molar-refractivity contribution in [1.29, 1.82) is 0 Å². The van der Waals surface area contributed by atoms with Gasteiger partial charge in [-0.3, -0.25) is 0 Å². The number of anilines is 2. The van der Waals surface area contributed by atoms with Gasteiger partial charge in [0.2, 0.25) is 5.95 Å². The molecule has 0 bridgehead atoms. The molecular formula is C14H21F3N4. The summed E-state index contributed by atoms with van der Waals surface area (Å²) in [6.07, 6.45) is -2.47. The first-order valence-corrected chi connectivity index (χ1v) is 7.31. The number of hydrogen-bond acceptors (Lipinski definition) is 4. The van der Waals surface area contributed by atoms with Gasteiger partial charge in [-0.1, -0.05) is 6.92 Å². The predicted molar refractivity (Wildman–Crippen MR) is 76.5 cm³/mol. The van der Waals surface area contributed by atoms with Gasteiger partial charge in [0.05, 0.1) is 5.92 Å². The van der Waals surface area contributed by atoms with E-state index in [0.717, 1.165) is 18.7 Å². The predicted octanol–water partition coefficient (Wildman–Crippen LogP) is 3.39. The lowest BCUT2D eigenvalue weighted by molar-refractivity contribution is -0.176. The zero-order valence-electron chi connectivity index (χ0n) is 12.4. The normalized spacial score (nSPS) is 19.7. The highest BCUT2D eigenvalue weighted by Crippen LogP contribution is 2.34. The van der Waals surface area contributed by atoms with Crippen LogP contribution in [0.4, 0.5) is 24.9 Å². The van der Waals surface area contributed by atoms with Gasteiger partial charge in [-0.15, -0.1) is 0 Å². The molecule has 7 heteroatoms. The van der Waals surface area contributed by atoms with Gasteiger partial charge in [-0.2, -0.15) is 18.2 Å². The van der Waals surface area contributed by atoms with E-state index in [-0.39, 0.29) is 13.0 Å². The molecule has 1 aromatic rings. The molecule has 0 saturated carbocycles. The molecule has 2 heterocycles. The Morgan fingerprint density at radius 2 is 2.14 bits per heavy atom. The van der Waals surface area contributed by atoms with E-state index in [9.17, 15) is 13.2 Å². The van der Waals surface area contributed by atoms with Crippen LogP contribution in [0.1, 0.15) is 31.9 Å². The van der Waals surface area contributed by atoms with E-state index < -0.39 is 12.1 Å². The van der Waals surface area contributed by atoms with E-state index in [1.807, 2.05) is 13.8 Å². The van der Waals surface area contributed by atoms with Gasteiger partial charge in [0.1, 0.15) is 5.82 Å². The molecule has 1 aromatic heterocycles. The van der Waals surface area contributed by atoms with Crippen molar-refractivity contribution in [3.8, 4) is 0 Å². The molecule has 0 amide bonds. The molecule has 2 rings (SSSR count). The Morgan fingerprint density at radius 1 is 1.38 bits per heavy atom. The highest BCUT2D eigenvalue weighted by molar-refractivity contribution is 5.45. The highest BCUT2D eigenvalue weighted by atomic mass is 19.4. The van der Waals surface area contributed by atoms with Crippen LogP contribution in [-0.4, -0.2) is 35.8 Å².